The van der Waals surface area contributed by atoms with Crippen LogP contribution >= 0.6 is 0 Å². The number of nitrogens with two attached hydrogens (primary N) is 1. The van der Waals surface area contributed by atoms with E-state index < -0.39 is 0 Å². The normalized spacial score (nSPS) is 12.5. The van der Waals surface area contributed by atoms with Crippen molar-refractivity contribution in [1.82, 2.24) is 9.55 Å². The fraction of sp³-hybridized carbons (Fsp3) is 0.133. The van der Waals surface area contributed by atoms with E-state index in [1.807, 2.05) is 41.1 Å². The van der Waals surface area contributed by atoms with E-state index >= 15 is 0 Å². The van der Waals surface area contributed by atoms with Gasteiger partial charge in [0.05, 0.1) is 6.26 Å². The van der Waals surface area contributed by atoms with Crippen molar-refractivity contribution in [3.63, 3.8) is 0 Å². The summed E-state index contributed by atoms with van der Waals surface area (Å²) >= 11 is 0. The zero-order valence-electron chi connectivity index (χ0n) is 10.4. The van der Waals surface area contributed by atoms with Gasteiger partial charge in [-0.25, -0.2) is 4.98 Å². The SMILES string of the molecule is NC(c1ccco1)c1nccn1Cc1ccccc1. The van der Waals surface area contributed by atoms with Crippen LogP contribution in [0.1, 0.15) is 23.2 Å². The van der Waals surface area contributed by atoms with Crippen LogP contribution in [0.4, 0.5) is 0 Å². The third kappa shape index (κ3) is 2.44. The van der Waals surface area contributed by atoms with E-state index in [1.54, 1.807) is 12.5 Å². The van der Waals surface area contributed by atoms with E-state index in [9.17, 15) is 0 Å². The molecular weight excluding hydrogens is 238 g/mol. The molecule has 0 radical (unpaired) electrons. The van der Waals surface area contributed by atoms with E-state index in [0.717, 1.165) is 18.1 Å². The molecule has 0 aliphatic heterocycles. The predicted molar refractivity (Wildman–Crippen MR) is 72.5 cm³/mol. The number of benzene rings is 1. The first-order valence-corrected chi connectivity index (χ1v) is 6.18. The molecule has 3 rings (SSSR count). The first-order valence-electron chi connectivity index (χ1n) is 6.18. The maximum atomic E-state index is 6.18. The van der Waals surface area contributed by atoms with Gasteiger partial charge in [-0.2, -0.15) is 0 Å². The van der Waals surface area contributed by atoms with Gasteiger partial charge >= 0.3 is 0 Å². The summed E-state index contributed by atoms with van der Waals surface area (Å²) in [5.74, 6) is 1.53. The van der Waals surface area contributed by atoms with Crippen LogP contribution in [0.5, 0.6) is 0 Å². The molecule has 4 nitrogen and oxygen atoms in total. The smallest absolute Gasteiger partial charge is 0.133 e. The van der Waals surface area contributed by atoms with Crippen LogP contribution in [0, 0.1) is 0 Å². The van der Waals surface area contributed by atoms with E-state index in [0.29, 0.717) is 0 Å². The third-order valence-electron chi connectivity index (χ3n) is 3.07. The van der Waals surface area contributed by atoms with Crippen LogP contribution in [0.15, 0.2) is 65.5 Å². The maximum absolute atomic E-state index is 6.18. The zero-order valence-corrected chi connectivity index (χ0v) is 10.4. The van der Waals surface area contributed by atoms with Crippen molar-refractivity contribution >= 4 is 0 Å². The Labute approximate surface area is 111 Å². The summed E-state index contributed by atoms with van der Waals surface area (Å²) in [6, 6.07) is 13.6. The minimum absolute atomic E-state index is 0.339. The van der Waals surface area contributed by atoms with Gasteiger partial charge in [0.2, 0.25) is 0 Å². The van der Waals surface area contributed by atoms with E-state index in [4.69, 9.17) is 10.2 Å². The van der Waals surface area contributed by atoms with Crippen molar-refractivity contribution in [2.24, 2.45) is 5.73 Å². The second-order valence-corrected chi connectivity index (χ2v) is 4.39. The second-order valence-electron chi connectivity index (χ2n) is 4.39. The summed E-state index contributed by atoms with van der Waals surface area (Å²) in [5, 5.41) is 0. The number of nitrogens with zero attached hydrogens (tertiary/aromatic N) is 2. The minimum atomic E-state index is -0.339. The topological polar surface area (TPSA) is 57.0 Å². The summed E-state index contributed by atoms with van der Waals surface area (Å²) in [5.41, 5.74) is 7.40. The zero-order chi connectivity index (χ0) is 13.1. The Morgan fingerprint density at radius 2 is 2.00 bits per heavy atom. The quantitative estimate of drug-likeness (QED) is 0.777. The van der Waals surface area contributed by atoms with Gasteiger partial charge < -0.3 is 14.7 Å². The fourth-order valence-corrected chi connectivity index (χ4v) is 2.11. The van der Waals surface area contributed by atoms with Crippen molar-refractivity contribution in [3.8, 4) is 0 Å². The molecule has 1 atom stereocenters. The number of furan rings is 1. The van der Waals surface area contributed by atoms with Crippen LogP contribution in [0.25, 0.3) is 0 Å². The lowest BCUT2D eigenvalue weighted by molar-refractivity contribution is 0.475. The standard InChI is InChI=1S/C15H15N3O/c16-14(13-7-4-10-19-13)15-17-8-9-18(15)11-12-5-2-1-3-6-12/h1-10,14H,11,16H2. The van der Waals surface area contributed by atoms with Crippen molar-refractivity contribution < 1.29 is 4.42 Å². The molecule has 1 unspecified atom stereocenters. The Morgan fingerprint density at radius 1 is 1.16 bits per heavy atom. The van der Waals surface area contributed by atoms with Crippen LogP contribution in [-0.4, -0.2) is 9.55 Å². The summed E-state index contributed by atoms with van der Waals surface area (Å²) in [7, 11) is 0. The lowest BCUT2D eigenvalue weighted by Gasteiger charge is -2.12. The molecule has 0 bridgehead atoms. The van der Waals surface area contributed by atoms with E-state index in [1.165, 1.54) is 5.56 Å². The van der Waals surface area contributed by atoms with E-state index in [2.05, 4.69) is 17.1 Å². The number of hydrogen-bond donors (Lipinski definition) is 1. The van der Waals surface area contributed by atoms with Crippen LogP contribution in [0.2, 0.25) is 0 Å². The molecule has 4 heteroatoms. The highest BCUT2D eigenvalue weighted by Crippen LogP contribution is 2.19. The van der Waals surface area contributed by atoms with Crippen molar-refractivity contribution in [1.29, 1.82) is 0 Å². The second kappa shape index (κ2) is 5.12. The van der Waals surface area contributed by atoms with E-state index in [-0.39, 0.29) is 6.04 Å². The average Bonchev–Trinajstić information content (AvgIpc) is 3.10. The van der Waals surface area contributed by atoms with Gasteiger partial charge in [0, 0.05) is 18.9 Å². The molecule has 2 heterocycles. The highest BCUT2D eigenvalue weighted by Gasteiger charge is 2.17. The monoisotopic (exact) mass is 253 g/mol. The molecule has 0 saturated carbocycles. The first kappa shape index (κ1) is 11.7. The van der Waals surface area contributed by atoms with Crippen LogP contribution < -0.4 is 5.73 Å². The molecule has 0 aliphatic carbocycles. The lowest BCUT2D eigenvalue weighted by atomic mass is 10.2. The van der Waals surface area contributed by atoms with Crippen LogP contribution in [0.3, 0.4) is 0 Å². The van der Waals surface area contributed by atoms with Gasteiger partial charge in [-0.15, -0.1) is 0 Å². The van der Waals surface area contributed by atoms with Crippen molar-refractivity contribution in [3.05, 3.63) is 78.3 Å². The highest BCUT2D eigenvalue weighted by molar-refractivity contribution is 5.19. The van der Waals surface area contributed by atoms with Crippen molar-refractivity contribution in [2.75, 3.05) is 0 Å². The van der Waals surface area contributed by atoms with Gasteiger partial charge in [-0.05, 0) is 17.7 Å². The molecule has 2 N–H and O–H groups in total. The Balaban J connectivity index is 1.87. The summed E-state index contributed by atoms with van der Waals surface area (Å²) < 4.78 is 7.39. The molecule has 19 heavy (non-hydrogen) atoms. The van der Waals surface area contributed by atoms with Gasteiger partial charge in [0.1, 0.15) is 17.6 Å². The van der Waals surface area contributed by atoms with Gasteiger partial charge in [0.25, 0.3) is 0 Å². The number of hydrogen-bond acceptors (Lipinski definition) is 3. The molecule has 2 aromatic heterocycles. The molecule has 96 valence electrons. The Bertz CT molecular complexity index is 628. The largest absolute Gasteiger partial charge is 0.467 e. The molecule has 0 amide bonds. The minimum Gasteiger partial charge on any atom is -0.467 e. The van der Waals surface area contributed by atoms with Crippen LogP contribution in [-0.2, 0) is 6.54 Å². The fourth-order valence-electron chi connectivity index (χ4n) is 2.11. The summed E-state index contributed by atoms with van der Waals surface area (Å²) in [6.07, 6.45) is 5.33. The molecule has 1 aromatic carbocycles. The maximum Gasteiger partial charge on any atom is 0.133 e. The molecule has 0 aliphatic rings. The Kier molecular flexibility index (Phi) is 3.16. The summed E-state index contributed by atoms with van der Waals surface area (Å²) in [6.45, 7) is 0.755. The first-order chi connectivity index (χ1) is 9.34. The van der Waals surface area contributed by atoms with Gasteiger partial charge in [-0.3, -0.25) is 0 Å². The lowest BCUT2D eigenvalue weighted by Crippen LogP contribution is -2.17. The highest BCUT2D eigenvalue weighted by atomic mass is 16.3. The molecule has 0 saturated heterocycles. The van der Waals surface area contributed by atoms with Gasteiger partial charge in [0.15, 0.2) is 0 Å². The molecule has 0 spiro atoms. The molecule has 3 aromatic rings. The number of aromatic nitrogens is 2. The van der Waals surface area contributed by atoms with Crippen molar-refractivity contribution in [2.45, 2.75) is 12.6 Å². The third-order valence-corrected chi connectivity index (χ3v) is 3.07. The number of rotatable bonds is 4. The van der Waals surface area contributed by atoms with Gasteiger partial charge in [-0.1, -0.05) is 30.3 Å². The Morgan fingerprint density at radius 3 is 2.74 bits per heavy atom. The average molecular weight is 253 g/mol. The predicted octanol–water partition coefficient (Wildman–Crippen LogP) is 2.57. The molecular formula is C15H15N3O. The molecule has 0 fully saturated rings. The Hall–Kier alpha value is -2.33. The number of imidazole rings is 1. The summed E-state index contributed by atoms with van der Waals surface area (Å²) in [4.78, 5) is 4.35.